The van der Waals surface area contributed by atoms with Crippen molar-refractivity contribution in [3.8, 4) is 0 Å². The Balaban J connectivity index is 0. The molecule has 0 heterocycles. The monoisotopic (exact) mass is 414 g/mol. The second-order valence-electron chi connectivity index (χ2n) is 9.51. The lowest BCUT2D eigenvalue weighted by Crippen LogP contribution is -2.43. The van der Waals surface area contributed by atoms with Crippen molar-refractivity contribution in [3.63, 3.8) is 0 Å². The van der Waals surface area contributed by atoms with E-state index in [1.807, 2.05) is 0 Å². The van der Waals surface area contributed by atoms with Gasteiger partial charge in [-0.15, -0.1) is 0 Å². The van der Waals surface area contributed by atoms with E-state index in [2.05, 4.69) is 26.3 Å². The predicted molar refractivity (Wildman–Crippen MR) is 127 cm³/mol. The van der Waals surface area contributed by atoms with Gasteiger partial charge in [-0.2, -0.15) is 0 Å². The summed E-state index contributed by atoms with van der Waals surface area (Å²) in [6, 6.07) is 0. The van der Waals surface area contributed by atoms with Crippen LogP contribution in [0.15, 0.2) is 0 Å². The first-order valence-electron chi connectivity index (χ1n) is 12.7. The molecule has 0 saturated carbocycles. The van der Waals surface area contributed by atoms with Gasteiger partial charge < -0.3 is 14.9 Å². The zero-order valence-electron chi connectivity index (χ0n) is 21.2. The van der Waals surface area contributed by atoms with Crippen LogP contribution in [0.25, 0.3) is 0 Å². The number of unbranched alkanes of at least 4 members (excludes halogenated alkanes) is 14. The van der Waals surface area contributed by atoms with Crippen molar-refractivity contribution in [1.29, 1.82) is 0 Å². The molecule has 4 nitrogen and oxygen atoms in total. The Hall–Kier alpha value is -0.610. The molecule has 0 rings (SSSR count). The van der Waals surface area contributed by atoms with E-state index in [4.69, 9.17) is 5.11 Å². The zero-order valence-corrected chi connectivity index (χ0v) is 20.2. The lowest BCUT2D eigenvalue weighted by molar-refractivity contribution is -0.890. The molecule has 29 heavy (non-hydrogen) atoms. The lowest BCUT2D eigenvalue weighted by atomic mass is 10.0. The molecule has 0 aliphatic heterocycles. The Labute approximate surface area is 183 Å². The smallest absolute Gasteiger partial charge is 0.391 e. The Morgan fingerprint density at radius 3 is 1.62 bits per heavy atom. The van der Waals surface area contributed by atoms with Crippen molar-refractivity contribution in [3.05, 3.63) is 0 Å². The van der Waals surface area contributed by atoms with Crippen LogP contribution in [0.2, 0.25) is 0 Å². The van der Waals surface area contributed by atoms with Gasteiger partial charge in [-0.05, 0) is 6.42 Å². The maximum atomic E-state index is 11.9. The molecule has 0 saturated heterocycles. The summed E-state index contributed by atoms with van der Waals surface area (Å²) >= 11 is 0. The van der Waals surface area contributed by atoms with Gasteiger partial charge in [-0.25, -0.2) is 0 Å². The van der Waals surface area contributed by atoms with Crippen LogP contribution in [-0.4, -0.2) is 55.8 Å². The average molecular weight is 415 g/mol. The molecule has 0 unspecified atom stereocenters. The third kappa shape index (κ3) is 21.9. The largest absolute Gasteiger partial charge is 1.00 e. The van der Waals surface area contributed by atoms with Crippen LogP contribution in [0.5, 0.6) is 0 Å². The topological polar surface area (TPSA) is 49.3 Å². The number of carbonyl (C=O) groups is 1. The van der Waals surface area contributed by atoms with Crippen LogP contribution in [0.4, 0.5) is 0 Å². The molecule has 4 heteroatoms. The fraction of sp³-hybridized carbons (Fsp3) is 0.960. The number of aliphatic hydroxyl groups is 1. The number of carbonyl (C=O) groups excluding carboxylic acids is 1. The summed E-state index contributed by atoms with van der Waals surface area (Å²) in [5.74, 6) is 0.201. The van der Waals surface area contributed by atoms with E-state index in [9.17, 15) is 4.79 Å². The zero-order chi connectivity index (χ0) is 21.6. The van der Waals surface area contributed by atoms with Crippen LogP contribution in [-0.2, 0) is 4.79 Å². The van der Waals surface area contributed by atoms with E-state index >= 15 is 0 Å². The highest BCUT2D eigenvalue weighted by Gasteiger charge is 2.13. The van der Waals surface area contributed by atoms with Crippen LogP contribution in [0.1, 0.15) is 118 Å². The minimum Gasteiger partial charge on any atom is -0.391 e. The highest BCUT2D eigenvalue weighted by molar-refractivity contribution is 5.75. The van der Waals surface area contributed by atoms with E-state index in [1.54, 1.807) is 0 Å². The highest BCUT2D eigenvalue weighted by atomic mass is 16.3. The number of nitrogens with one attached hydrogen (secondary N) is 1. The number of nitrogens with zero attached hydrogens (tertiary/aromatic N) is 1. The third-order valence-corrected chi connectivity index (χ3v) is 5.98. The number of hydrogen-bond acceptors (Lipinski definition) is 2. The van der Waals surface area contributed by atoms with Crippen molar-refractivity contribution < 1.29 is 15.8 Å². The second-order valence-corrected chi connectivity index (χ2v) is 9.51. The van der Waals surface area contributed by atoms with Crippen molar-refractivity contribution in [2.24, 2.45) is 0 Å². The van der Waals surface area contributed by atoms with Gasteiger partial charge in [-0.1, -0.05) is 96.8 Å². The Morgan fingerprint density at radius 2 is 1.17 bits per heavy atom. The first-order valence-corrected chi connectivity index (χ1v) is 12.7. The summed E-state index contributed by atoms with van der Waals surface area (Å²) in [5.41, 5.74) is 0. The molecule has 0 radical (unpaired) electrons. The number of aliphatic hydroxyl groups excluding tert-OH is 1. The number of rotatable bonds is 22. The number of likely N-dealkylation sites (N-methyl/N-ethyl adjacent to an activating group) is 1. The van der Waals surface area contributed by atoms with E-state index in [0.717, 1.165) is 37.0 Å². The lowest BCUT2D eigenvalue weighted by Gasteiger charge is -2.28. The van der Waals surface area contributed by atoms with Crippen LogP contribution >= 0.6 is 0 Å². The molecule has 0 bridgehead atoms. The number of quaternary nitrogens is 1. The van der Waals surface area contributed by atoms with Crippen molar-refractivity contribution in [1.82, 2.24) is 5.32 Å². The molecule has 0 fully saturated rings. The van der Waals surface area contributed by atoms with Crippen molar-refractivity contribution in [2.75, 3.05) is 40.3 Å². The second kappa shape index (κ2) is 20.7. The molecule has 0 aromatic rings. The van der Waals surface area contributed by atoms with Gasteiger partial charge in [0.25, 0.3) is 0 Å². The maximum absolute atomic E-state index is 11.9. The summed E-state index contributed by atoms with van der Waals surface area (Å²) in [5, 5.41) is 12.1. The molecule has 174 valence electrons. The SMILES string of the molecule is CCCCCCCCCCCCCCCCCC(=O)NCCC[N+](C)(C)CCO.[H+]. The minimum atomic E-state index is 0. The van der Waals surface area contributed by atoms with Gasteiger partial charge in [0.15, 0.2) is 0 Å². The number of amides is 1. The fourth-order valence-corrected chi connectivity index (χ4v) is 3.86. The van der Waals surface area contributed by atoms with E-state index in [-0.39, 0.29) is 13.9 Å². The van der Waals surface area contributed by atoms with Gasteiger partial charge in [0.05, 0.1) is 27.2 Å². The summed E-state index contributed by atoms with van der Waals surface area (Å²) < 4.78 is 0.811. The predicted octanol–water partition coefficient (Wildman–Crippen LogP) is 5.94. The normalized spacial score (nSPS) is 11.7. The Kier molecular flexibility index (Phi) is 20.2. The molecule has 0 aliphatic rings. The molecule has 0 spiro atoms. The first-order chi connectivity index (χ1) is 14.0. The van der Waals surface area contributed by atoms with Gasteiger partial charge in [0.1, 0.15) is 6.54 Å². The van der Waals surface area contributed by atoms with Gasteiger partial charge >= 0.3 is 1.43 Å². The standard InChI is InChI=1S/C25H52N2O2/c1-4-5-6-7-8-9-10-11-12-13-14-15-16-17-18-20-25(29)26-21-19-22-27(2,3)23-24-28/h28H,4-24H2,1-3H3/p+2. The quantitative estimate of drug-likeness (QED) is 0.170. The Bertz CT molecular complexity index is 365. The van der Waals surface area contributed by atoms with Crippen LogP contribution in [0.3, 0.4) is 0 Å². The summed E-state index contributed by atoms with van der Waals surface area (Å²) in [7, 11) is 4.24. The van der Waals surface area contributed by atoms with Gasteiger partial charge in [0.2, 0.25) is 5.91 Å². The molecule has 0 aliphatic carbocycles. The molecule has 0 aromatic heterocycles. The molecule has 1 amide bonds. The average Bonchev–Trinajstić information content (AvgIpc) is 2.68. The van der Waals surface area contributed by atoms with Crippen LogP contribution < -0.4 is 5.32 Å². The first kappa shape index (κ1) is 28.4. The van der Waals surface area contributed by atoms with Crippen molar-refractivity contribution in [2.45, 2.75) is 116 Å². The van der Waals surface area contributed by atoms with E-state index < -0.39 is 0 Å². The fourth-order valence-electron chi connectivity index (χ4n) is 3.86. The molecule has 2 N–H and O–H groups in total. The summed E-state index contributed by atoms with van der Waals surface area (Å²) in [6.45, 7) is 5.01. The molecule has 0 atom stereocenters. The number of hydrogen-bond donors (Lipinski definition) is 2. The summed E-state index contributed by atoms with van der Waals surface area (Å²) in [6.07, 6.45) is 22.0. The Morgan fingerprint density at radius 1 is 0.724 bits per heavy atom. The third-order valence-electron chi connectivity index (χ3n) is 5.98. The van der Waals surface area contributed by atoms with Gasteiger partial charge in [-0.3, -0.25) is 4.79 Å². The summed E-state index contributed by atoms with van der Waals surface area (Å²) in [4.78, 5) is 11.9. The molecular formula is C25H54N2O2+2. The van der Waals surface area contributed by atoms with E-state index in [1.165, 1.54) is 89.9 Å². The van der Waals surface area contributed by atoms with E-state index in [0.29, 0.717) is 6.42 Å². The molecule has 0 aromatic carbocycles. The molecular weight excluding hydrogens is 360 g/mol. The van der Waals surface area contributed by atoms with Crippen LogP contribution in [0, 0.1) is 0 Å². The highest BCUT2D eigenvalue weighted by Crippen LogP contribution is 2.13. The van der Waals surface area contributed by atoms with Gasteiger partial charge in [0, 0.05) is 19.4 Å². The minimum absolute atomic E-state index is 0. The van der Waals surface area contributed by atoms with Crippen molar-refractivity contribution >= 4 is 5.91 Å². The maximum Gasteiger partial charge on any atom is 1.00 e.